The minimum atomic E-state index is -4.41. The number of hydrogen-bond donors (Lipinski definition) is 0. The van der Waals surface area contributed by atoms with Crippen LogP contribution in [0.15, 0.2) is 18.2 Å². The first-order chi connectivity index (χ1) is 9.93. The second-order valence-corrected chi connectivity index (χ2v) is 5.77. The number of methoxy groups -OCH3 is 1. The van der Waals surface area contributed by atoms with Gasteiger partial charge in [-0.25, -0.2) is 0 Å². The molecular formula is C15H17F3O3. The first kappa shape index (κ1) is 14.5. The van der Waals surface area contributed by atoms with Crippen LogP contribution in [-0.4, -0.2) is 26.9 Å². The summed E-state index contributed by atoms with van der Waals surface area (Å²) in [6.07, 6.45) is -2.36. The normalized spacial score (nSPS) is 27.9. The molecule has 1 saturated carbocycles. The zero-order valence-electron chi connectivity index (χ0n) is 11.7. The molecule has 3 rings (SSSR count). The smallest absolute Gasteiger partial charge is 0.416 e. The zero-order valence-corrected chi connectivity index (χ0v) is 11.7. The molecule has 2 fully saturated rings. The van der Waals surface area contributed by atoms with Crippen molar-refractivity contribution < 1.29 is 27.4 Å². The van der Waals surface area contributed by atoms with Crippen molar-refractivity contribution in [3.05, 3.63) is 23.8 Å². The highest BCUT2D eigenvalue weighted by Crippen LogP contribution is 2.57. The third kappa shape index (κ3) is 2.95. The fourth-order valence-corrected chi connectivity index (χ4v) is 2.91. The van der Waals surface area contributed by atoms with Crippen molar-refractivity contribution in [1.82, 2.24) is 0 Å². The summed E-state index contributed by atoms with van der Waals surface area (Å²) in [5.41, 5.74) is -0.544. The van der Waals surface area contributed by atoms with Crippen molar-refractivity contribution in [2.45, 2.75) is 19.0 Å². The maximum absolute atomic E-state index is 12.8. The quantitative estimate of drug-likeness (QED) is 0.851. The van der Waals surface area contributed by atoms with Gasteiger partial charge in [-0.05, 0) is 25.0 Å². The fourth-order valence-electron chi connectivity index (χ4n) is 2.91. The van der Waals surface area contributed by atoms with Crippen LogP contribution in [0, 0.1) is 11.3 Å². The summed E-state index contributed by atoms with van der Waals surface area (Å²) in [6, 6.07) is 3.47. The van der Waals surface area contributed by atoms with Crippen molar-refractivity contribution in [3.8, 4) is 11.5 Å². The minimum absolute atomic E-state index is 0.148. The highest BCUT2D eigenvalue weighted by Gasteiger charge is 2.56. The molecule has 116 valence electrons. The molecule has 1 spiro atoms. The van der Waals surface area contributed by atoms with Gasteiger partial charge in [-0.2, -0.15) is 13.2 Å². The Balaban J connectivity index is 1.67. The first-order valence-corrected chi connectivity index (χ1v) is 6.90. The van der Waals surface area contributed by atoms with E-state index in [1.807, 2.05) is 0 Å². The van der Waals surface area contributed by atoms with Gasteiger partial charge >= 0.3 is 6.18 Å². The van der Waals surface area contributed by atoms with E-state index in [1.54, 1.807) is 0 Å². The van der Waals surface area contributed by atoms with Gasteiger partial charge in [-0.3, -0.25) is 0 Å². The van der Waals surface area contributed by atoms with Crippen molar-refractivity contribution in [1.29, 1.82) is 0 Å². The predicted molar refractivity (Wildman–Crippen MR) is 69.5 cm³/mol. The molecule has 1 aromatic carbocycles. The molecule has 1 saturated heterocycles. The molecule has 3 nitrogen and oxygen atoms in total. The summed E-state index contributed by atoms with van der Waals surface area (Å²) >= 11 is 0. The highest BCUT2D eigenvalue weighted by molar-refractivity contribution is 5.39. The molecular weight excluding hydrogens is 285 g/mol. The number of benzene rings is 1. The number of ether oxygens (including phenoxy) is 3. The molecule has 0 radical (unpaired) electrons. The average molecular weight is 302 g/mol. The summed E-state index contributed by atoms with van der Waals surface area (Å²) in [7, 11) is 1.34. The van der Waals surface area contributed by atoms with E-state index in [9.17, 15) is 13.2 Å². The molecule has 0 bridgehead atoms. The third-order valence-corrected chi connectivity index (χ3v) is 4.39. The van der Waals surface area contributed by atoms with E-state index in [0.29, 0.717) is 12.5 Å². The Hall–Kier alpha value is -1.43. The van der Waals surface area contributed by atoms with Gasteiger partial charge < -0.3 is 14.2 Å². The second kappa shape index (κ2) is 5.09. The van der Waals surface area contributed by atoms with Crippen LogP contribution in [-0.2, 0) is 10.9 Å². The summed E-state index contributed by atoms with van der Waals surface area (Å²) in [5, 5.41) is 0. The molecule has 2 atom stereocenters. The van der Waals surface area contributed by atoms with E-state index in [-0.39, 0.29) is 16.9 Å². The van der Waals surface area contributed by atoms with E-state index >= 15 is 0 Å². The molecule has 6 heteroatoms. The summed E-state index contributed by atoms with van der Waals surface area (Å²) < 4.78 is 54.3. The van der Waals surface area contributed by atoms with Crippen molar-refractivity contribution in [3.63, 3.8) is 0 Å². The van der Waals surface area contributed by atoms with Crippen LogP contribution < -0.4 is 9.47 Å². The van der Waals surface area contributed by atoms with Crippen LogP contribution in [0.25, 0.3) is 0 Å². The summed E-state index contributed by atoms with van der Waals surface area (Å²) in [4.78, 5) is 0. The van der Waals surface area contributed by atoms with Crippen LogP contribution in [0.2, 0.25) is 0 Å². The third-order valence-electron chi connectivity index (χ3n) is 4.39. The number of halogens is 3. The molecule has 0 aromatic heterocycles. The largest absolute Gasteiger partial charge is 0.497 e. The molecule has 1 aliphatic heterocycles. The lowest BCUT2D eigenvalue weighted by Crippen LogP contribution is -2.10. The molecule has 0 N–H and O–H groups in total. The molecule has 2 unspecified atom stereocenters. The topological polar surface area (TPSA) is 27.7 Å². The van der Waals surface area contributed by atoms with Crippen LogP contribution in [0.5, 0.6) is 11.5 Å². The van der Waals surface area contributed by atoms with E-state index < -0.39 is 11.7 Å². The maximum atomic E-state index is 12.8. The Bertz CT molecular complexity index is 521. The average Bonchev–Trinajstić information content (AvgIpc) is 2.88. The van der Waals surface area contributed by atoms with Crippen LogP contribution in [0.3, 0.4) is 0 Å². The molecule has 1 aliphatic carbocycles. The Morgan fingerprint density at radius 3 is 2.67 bits per heavy atom. The zero-order chi connectivity index (χ0) is 15.1. The van der Waals surface area contributed by atoms with Gasteiger partial charge in [-0.1, -0.05) is 0 Å². The molecule has 0 amide bonds. The lowest BCUT2D eigenvalue weighted by atomic mass is 10.0. The Kier molecular flexibility index (Phi) is 3.51. The van der Waals surface area contributed by atoms with E-state index in [2.05, 4.69) is 0 Å². The van der Waals surface area contributed by atoms with Crippen molar-refractivity contribution >= 4 is 0 Å². The Labute approximate surface area is 121 Å². The van der Waals surface area contributed by atoms with Gasteiger partial charge in [0.2, 0.25) is 0 Å². The lowest BCUT2D eigenvalue weighted by molar-refractivity contribution is -0.137. The van der Waals surface area contributed by atoms with Crippen LogP contribution >= 0.6 is 0 Å². The van der Waals surface area contributed by atoms with Gasteiger partial charge in [-0.15, -0.1) is 0 Å². The monoisotopic (exact) mass is 302 g/mol. The second-order valence-electron chi connectivity index (χ2n) is 5.77. The van der Waals surface area contributed by atoms with E-state index in [4.69, 9.17) is 14.2 Å². The van der Waals surface area contributed by atoms with Crippen molar-refractivity contribution in [2.75, 3.05) is 26.9 Å². The van der Waals surface area contributed by atoms with Crippen LogP contribution in [0.1, 0.15) is 18.4 Å². The summed E-state index contributed by atoms with van der Waals surface area (Å²) in [6.45, 7) is 1.94. The Morgan fingerprint density at radius 1 is 1.29 bits per heavy atom. The van der Waals surface area contributed by atoms with Gasteiger partial charge in [0.15, 0.2) is 0 Å². The van der Waals surface area contributed by atoms with Gasteiger partial charge in [0.25, 0.3) is 0 Å². The van der Waals surface area contributed by atoms with E-state index in [0.717, 1.165) is 38.2 Å². The van der Waals surface area contributed by atoms with Gasteiger partial charge in [0.1, 0.15) is 11.5 Å². The Morgan fingerprint density at radius 2 is 2.05 bits per heavy atom. The molecule has 1 heterocycles. The first-order valence-electron chi connectivity index (χ1n) is 6.90. The van der Waals surface area contributed by atoms with Crippen molar-refractivity contribution in [2.24, 2.45) is 11.3 Å². The molecule has 1 aromatic rings. The fraction of sp³-hybridized carbons (Fsp3) is 0.600. The number of alkyl halides is 3. The number of rotatable bonds is 4. The van der Waals surface area contributed by atoms with Gasteiger partial charge in [0.05, 0.1) is 25.9 Å². The summed E-state index contributed by atoms with van der Waals surface area (Å²) in [5.74, 6) is 0.720. The van der Waals surface area contributed by atoms with Gasteiger partial charge in [0, 0.05) is 24.0 Å². The van der Waals surface area contributed by atoms with Crippen LogP contribution in [0.4, 0.5) is 13.2 Å². The molecule has 21 heavy (non-hydrogen) atoms. The number of hydrogen-bond acceptors (Lipinski definition) is 3. The SMILES string of the molecule is COc1cc(OCC2CC23CCOC3)cc(C(F)(F)F)c1. The van der Waals surface area contributed by atoms with E-state index in [1.165, 1.54) is 13.2 Å². The standard InChI is InChI=1S/C15H17F3O3/c1-19-12-4-10(15(16,17)18)5-13(6-12)21-8-11-7-14(11)2-3-20-9-14/h4-6,11H,2-3,7-9H2,1H3. The molecule has 2 aliphatic rings. The lowest BCUT2D eigenvalue weighted by Gasteiger charge is -2.13. The maximum Gasteiger partial charge on any atom is 0.416 e. The highest BCUT2D eigenvalue weighted by atomic mass is 19.4. The predicted octanol–water partition coefficient (Wildman–Crippen LogP) is 3.52. The minimum Gasteiger partial charge on any atom is -0.497 e.